The minimum absolute atomic E-state index is 0.0985. The van der Waals surface area contributed by atoms with Gasteiger partial charge in [0, 0.05) is 35.6 Å². The van der Waals surface area contributed by atoms with Crippen LogP contribution in [0.15, 0.2) is 35.9 Å². The molecule has 4 aliphatic heterocycles. The Labute approximate surface area is 153 Å². The Morgan fingerprint density at radius 1 is 1.38 bits per heavy atom. The molecule has 1 spiro atoms. The summed E-state index contributed by atoms with van der Waals surface area (Å²) < 4.78 is 6.13. The van der Waals surface area contributed by atoms with Crippen LogP contribution in [0, 0.1) is 11.8 Å². The molecule has 0 aromatic heterocycles. The molecule has 5 nitrogen and oxygen atoms in total. The highest BCUT2D eigenvalue weighted by Crippen LogP contribution is 2.62. The summed E-state index contributed by atoms with van der Waals surface area (Å²) in [6, 6.07) is 9.56. The number of carbonyl (C=O) groups is 1. The number of rotatable bonds is 2. The Morgan fingerprint density at radius 2 is 2.27 bits per heavy atom. The third-order valence-electron chi connectivity index (χ3n) is 7.79. The second-order valence-corrected chi connectivity index (χ2v) is 8.61. The summed E-state index contributed by atoms with van der Waals surface area (Å²) in [4.78, 5) is 14.2. The van der Waals surface area contributed by atoms with E-state index >= 15 is 0 Å². The molecule has 1 aliphatic carbocycles. The minimum Gasteiger partial charge on any atom is -0.481 e. The van der Waals surface area contributed by atoms with Crippen molar-refractivity contribution in [2.24, 2.45) is 11.8 Å². The van der Waals surface area contributed by atoms with Gasteiger partial charge in [-0.2, -0.15) is 0 Å². The highest BCUT2D eigenvalue weighted by atomic mass is 16.5. The predicted molar refractivity (Wildman–Crippen MR) is 97.2 cm³/mol. The molecule has 0 radical (unpaired) electrons. The van der Waals surface area contributed by atoms with Crippen molar-refractivity contribution in [1.82, 2.24) is 4.90 Å². The van der Waals surface area contributed by atoms with E-state index < -0.39 is 5.97 Å². The van der Waals surface area contributed by atoms with Crippen molar-refractivity contribution >= 4 is 11.7 Å². The largest absolute Gasteiger partial charge is 0.481 e. The Hall–Kier alpha value is -1.85. The number of hydrogen-bond acceptors (Lipinski definition) is 4. The highest BCUT2D eigenvalue weighted by molar-refractivity contribution is 5.68. The molecule has 1 saturated carbocycles. The lowest BCUT2D eigenvalue weighted by molar-refractivity contribution is -0.142. The van der Waals surface area contributed by atoms with E-state index in [-0.39, 0.29) is 29.9 Å². The fourth-order valence-corrected chi connectivity index (χ4v) is 6.95. The van der Waals surface area contributed by atoms with Crippen LogP contribution in [-0.4, -0.2) is 53.9 Å². The minimum atomic E-state index is -0.756. The van der Waals surface area contributed by atoms with E-state index in [0.29, 0.717) is 18.6 Å². The molecule has 1 aromatic rings. The molecule has 2 N–H and O–H groups in total. The van der Waals surface area contributed by atoms with Gasteiger partial charge in [0.2, 0.25) is 0 Å². The lowest BCUT2D eigenvalue weighted by atomic mass is 9.54. The molecule has 26 heavy (non-hydrogen) atoms. The van der Waals surface area contributed by atoms with Crippen LogP contribution in [0.3, 0.4) is 0 Å². The molecule has 6 rings (SSSR count). The summed E-state index contributed by atoms with van der Waals surface area (Å²) in [5.74, 6) is -0.0844. The number of nitrogens with zero attached hydrogens (tertiary/aromatic N) is 1. The molecular weight excluding hydrogens is 328 g/mol. The monoisotopic (exact) mass is 352 g/mol. The number of aliphatic carboxylic acids is 1. The number of nitrogens with one attached hydrogen (secondary N) is 1. The summed E-state index contributed by atoms with van der Waals surface area (Å²) in [7, 11) is 0. The molecule has 2 bridgehead atoms. The summed E-state index contributed by atoms with van der Waals surface area (Å²) in [6.07, 6.45) is 4.42. The van der Waals surface area contributed by atoms with Gasteiger partial charge in [0.1, 0.15) is 0 Å². The quantitative estimate of drug-likeness (QED) is 0.800. The Kier molecular flexibility index (Phi) is 2.99. The molecular formula is C21H24N2O3. The predicted octanol–water partition coefficient (Wildman–Crippen LogP) is 2.24. The topological polar surface area (TPSA) is 61.8 Å². The van der Waals surface area contributed by atoms with Gasteiger partial charge >= 0.3 is 5.97 Å². The number of ether oxygens (including phenoxy) is 1. The number of carboxylic acids is 1. The van der Waals surface area contributed by atoms with Crippen molar-refractivity contribution in [2.75, 3.05) is 25.0 Å². The summed E-state index contributed by atoms with van der Waals surface area (Å²) >= 11 is 0. The smallest absolute Gasteiger partial charge is 0.305 e. The SMILES string of the molecule is O=C(O)C[C@@H]1OCC=C2CN3CC[C@@]45c6ccccc6N[C@H]4[C@@H]1[C@H]2C[C@@H]35. The van der Waals surface area contributed by atoms with Crippen molar-refractivity contribution in [3.63, 3.8) is 0 Å². The number of anilines is 1. The molecule has 1 aromatic carbocycles. The summed E-state index contributed by atoms with van der Waals surface area (Å²) in [5, 5.41) is 13.3. The molecule has 3 fully saturated rings. The van der Waals surface area contributed by atoms with Crippen molar-refractivity contribution in [1.29, 1.82) is 0 Å². The first-order chi connectivity index (χ1) is 12.7. The zero-order valence-corrected chi connectivity index (χ0v) is 14.7. The fourth-order valence-electron chi connectivity index (χ4n) is 6.95. The third-order valence-corrected chi connectivity index (χ3v) is 7.79. The van der Waals surface area contributed by atoms with Crippen molar-refractivity contribution in [3.05, 3.63) is 41.5 Å². The zero-order valence-electron chi connectivity index (χ0n) is 14.7. The molecule has 4 heterocycles. The van der Waals surface area contributed by atoms with Crippen molar-refractivity contribution in [3.8, 4) is 0 Å². The molecule has 5 heteroatoms. The van der Waals surface area contributed by atoms with Crippen LogP contribution in [0.1, 0.15) is 24.8 Å². The Morgan fingerprint density at radius 3 is 3.15 bits per heavy atom. The van der Waals surface area contributed by atoms with E-state index in [2.05, 4.69) is 40.6 Å². The van der Waals surface area contributed by atoms with Gasteiger partial charge in [0.25, 0.3) is 0 Å². The van der Waals surface area contributed by atoms with Gasteiger partial charge in [-0.25, -0.2) is 0 Å². The average Bonchev–Trinajstić information content (AvgIpc) is 3.11. The first-order valence-electron chi connectivity index (χ1n) is 9.81. The van der Waals surface area contributed by atoms with E-state index in [1.807, 2.05) is 0 Å². The number of piperidine rings is 1. The standard InChI is InChI=1S/C21H24N2O3/c24-18(25)10-16-19-13-9-17-21(6-7-23(17)11-12(13)5-8-26-16)14-3-1-2-4-15(14)22-20(19)21/h1-5,13,16-17,19-20,22H,6-11H2,(H,24,25)/t13-,16-,17+,19+,20-,21-/m0/s1. The van der Waals surface area contributed by atoms with Crippen LogP contribution in [0.25, 0.3) is 0 Å². The molecule has 0 amide bonds. The molecule has 5 aliphatic rings. The second kappa shape index (κ2) is 5.11. The summed E-state index contributed by atoms with van der Waals surface area (Å²) in [6.45, 7) is 2.72. The molecule has 136 valence electrons. The van der Waals surface area contributed by atoms with E-state index in [9.17, 15) is 9.90 Å². The van der Waals surface area contributed by atoms with Gasteiger partial charge in [-0.05, 0) is 36.9 Å². The molecule has 6 atom stereocenters. The maximum Gasteiger partial charge on any atom is 0.305 e. The average molecular weight is 352 g/mol. The lowest BCUT2D eigenvalue weighted by Crippen LogP contribution is -2.64. The number of benzene rings is 1. The Balaban J connectivity index is 1.53. The van der Waals surface area contributed by atoms with Gasteiger partial charge in [-0.1, -0.05) is 29.8 Å². The van der Waals surface area contributed by atoms with Crippen molar-refractivity contribution < 1.29 is 14.6 Å². The van der Waals surface area contributed by atoms with Gasteiger partial charge in [-0.3, -0.25) is 9.69 Å². The first kappa shape index (κ1) is 15.2. The van der Waals surface area contributed by atoms with Crippen LogP contribution in [0.4, 0.5) is 5.69 Å². The zero-order chi connectivity index (χ0) is 17.5. The maximum absolute atomic E-state index is 11.6. The second-order valence-electron chi connectivity index (χ2n) is 8.61. The van der Waals surface area contributed by atoms with Crippen LogP contribution >= 0.6 is 0 Å². The van der Waals surface area contributed by atoms with Gasteiger partial charge in [-0.15, -0.1) is 0 Å². The molecule has 2 saturated heterocycles. The number of fused-ring (bicyclic) bond motifs is 2. The van der Waals surface area contributed by atoms with Crippen LogP contribution in [-0.2, 0) is 14.9 Å². The van der Waals surface area contributed by atoms with Gasteiger partial charge in [0.15, 0.2) is 0 Å². The number of para-hydroxylation sites is 1. The first-order valence-corrected chi connectivity index (χ1v) is 9.81. The van der Waals surface area contributed by atoms with Crippen molar-refractivity contribution in [2.45, 2.75) is 42.9 Å². The molecule has 0 unspecified atom stereocenters. The van der Waals surface area contributed by atoms with E-state index in [1.54, 1.807) is 0 Å². The van der Waals surface area contributed by atoms with E-state index in [0.717, 1.165) is 25.9 Å². The van der Waals surface area contributed by atoms with Crippen LogP contribution in [0.2, 0.25) is 0 Å². The van der Waals surface area contributed by atoms with Crippen LogP contribution < -0.4 is 5.32 Å². The van der Waals surface area contributed by atoms with E-state index in [1.165, 1.54) is 16.8 Å². The Bertz CT molecular complexity index is 821. The maximum atomic E-state index is 11.6. The summed E-state index contributed by atoms with van der Waals surface area (Å²) in [5.41, 5.74) is 4.28. The highest BCUT2D eigenvalue weighted by Gasteiger charge is 2.66. The number of hydrogen-bond donors (Lipinski definition) is 2. The normalized spacial score (nSPS) is 42.3. The fraction of sp³-hybridized carbons (Fsp3) is 0.571. The van der Waals surface area contributed by atoms with Gasteiger partial charge in [0.05, 0.1) is 19.1 Å². The number of carboxylic acid groups (broad SMARTS) is 1. The van der Waals surface area contributed by atoms with Gasteiger partial charge < -0.3 is 15.2 Å². The third kappa shape index (κ3) is 1.75. The van der Waals surface area contributed by atoms with E-state index in [4.69, 9.17) is 4.74 Å². The lowest BCUT2D eigenvalue weighted by Gasteiger charge is -2.55. The van der Waals surface area contributed by atoms with Crippen LogP contribution in [0.5, 0.6) is 0 Å².